The maximum absolute atomic E-state index is 12.4. The van der Waals surface area contributed by atoms with Crippen LogP contribution in [0, 0.1) is 6.92 Å². The third kappa shape index (κ3) is 5.29. The van der Waals surface area contributed by atoms with E-state index < -0.39 is 11.3 Å². The van der Waals surface area contributed by atoms with Gasteiger partial charge in [-0.1, -0.05) is 29.5 Å². The van der Waals surface area contributed by atoms with Crippen molar-refractivity contribution < 1.29 is 9.59 Å². The molecule has 29 heavy (non-hydrogen) atoms. The van der Waals surface area contributed by atoms with Gasteiger partial charge in [0.1, 0.15) is 0 Å². The Hall–Kier alpha value is -2.55. The van der Waals surface area contributed by atoms with Crippen molar-refractivity contribution in [1.82, 2.24) is 25.4 Å². The summed E-state index contributed by atoms with van der Waals surface area (Å²) in [7, 11) is 0. The number of piperidine rings is 1. The number of urea groups is 1. The van der Waals surface area contributed by atoms with E-state index in [0.717, 1.165) is 37.6 Å². The van der Waals surface area contributed by atoms with Gasteiger partial charge in [0.2, 0.25) is 11.9 Å². The highest BCUT2D eigenvalue weighted by Crippen LogP contribution is 2.30. The summed E-state index contributed by atoms with van der Waals surface area (Å²) < 4.78 is 2.01. The number of hydrogen-bond acceptors (Lipinski definition) is 6. The third-order valence-electron chi connectivity index (χ3n) is 4.77. The van der Waals surface area contributed by atoms with Crippen LogP contribution in [0.4, 0.5) is 10.7 Å². The SMILES string of the molecule is CCNC(=O)NC(=O)[C@@H](C)Sc1nnc(N2CCCCC2)n1-c1ccc(C)cc1. The van der Waals surface area contributed by atoms with E-state index in [1.807, 2.05) is 23.6 Å². The first kappa shape index (κ1) is 21.2. The van der Waals surface area contributed by atoms with E-state index in [0.29, 0.717) is 11.7 Å². The lowest BCUT2D eigenvalue weighted by molar-refractivity contribution is -0.119. The fourth-order valence-corrected chi connectivity index (χ4v) is 4.05. The topological polar surface area (TPSA) is 92.2 Å². The summed E-state index contributed by atoms with van der Waals surface area (Å²) in [5, 5.41) is 13.9. The van der Waals surface area contributed by atoms with Crippen molar-refractivity contribution in [2.45, 2.75) is 50.4 Å². The molecule has 0 bridgehead atoms. The van der Waals surface area contributed by atoms with Crippen LogP contribution < -0.4 is 15.5 Å². The molecule has 1 atom stereocenters. The van der Waals surface area contributed by atoms with Gasteiger partial charge in [-0.2, -0.15) is 0 Å². The molecule has 8 nitrogen and oxygen atoms in total. The van der Waals surface area contributed by atoms with Gasteiger partial charge in [-0.15, -0.1) is 10.2 Å². The molecule has 1 aliphatic heterocycles. The van der Waals surface area contributed by atoms with Crippen LogP contribution in [0.15, 0.2) is 29.4 Å². The van der Waals surface area contributed by atoms with Crippen molar-refractivity contribution in [3.05, 3.63) is 29.8 Å². The zero-order chi connectivity index (χ0) is 20.8. The summed E-state index contributed by atoms with van der Waals surface area (Å²) in [4.78, 5) is 26.3. The number of aryl methyl sites for hydroxylation is 1. The van der Waals surface area contributed by atoms with Crippen LogP contribution in [0.25, 0.3) is 5.69 Å². The zero-order valence-electron chi connectivity index (χ0n) is 17.1. The summed E-state index contributed by atoms with van der Waals surface area (Å²) in [5.41, 5.74) is 2.13. The molecule has 1 saturated heterocycles. The van der Waals surface area contributed by atoms with Crippen LogP contribution in [0.5, 0.6) is 0 Å². The smallest absolute Gasteiger partial charge is 0.321 e. The molecule has 1 fully saturated rings. The molecule has 156 valence electrons. The predicted octanol–water partition coefficient (Wildman–Crippen LogP) is 2.89. The Labute approximate surface area is 175 Å². The molecule has 0 radical (unpaired) electrons. The van der Waals surface area contributed by atoms with Gasteiger partial charge in [-0.3, -0.25) is 14.7 Å². The number of aromatic nitrogens is 3. The molecular weight excluding hydrogens is 388 g/mol. The first-order valence-corrected chi connectivity index (χ1v) is 10.9. The Balaban J connectivity index is 1.86. The van der Waals surface area contributed by atoms with Gasteiger partial charge >= 0.3 is 6.03 Å². The number of nitrogens with zero attached hydrogens (tertiary/aromatic N) is 4. The number of carbonyl (C=O) groups excluding carboxylic acids is 2. The molecule has 2 heterocycles. The number of anilines is 1. The average Bonchev–Trinajstić information content (AvgIpc) is 3.13. The maximum atomic E-state index is 12.4. The fraction of sp³-hybridized carbons (Fsp3) is 0.500. The van der Waals surface area contributed by atoms with E-state index in [2.05, 4.69) is 37.9 Å². The van der Waals surface area contributed by atoms with Gasteiger partial charge in [0.25, 0.3) is 0 Å². The second-order valence-corrected chi connectivity index (χ2v) is 8.42. The van der Waals surface area contributed by atoms with E-state index in [4.69, 9.17) is 0 Å². The molecule has 9 heteroatoms. The summed E-state index contributed by atoms with van der Waals surface area (Å²) >= 11 is 1.29. The molecule has 2 N–H and O–H groups in total. The van der Waals surface area contributed by atoms with Crippen LogP contribution in [0.3, 0.4) is 0 Å². The van der Waals surface area contributed by atoms with Gasteiger partial charge in [0.05, 0.1) is 10.9 Å². The Morgan fingerprint density at radius 3 is 2.48 bits per heavy atom. The maximum Gasteiger partial charge on any atom is 0.321 e. The molecule has 3 amide bonds. The molecule has 0 aliphatic carbocycles. The van der Waals surface area contributed by atoms with E-state index in [-0.39, 0.29) is 5.91 Å². The lowest BCUT2D eigenvalue weighted by Crippen LogP contribution is -2.42. The molecule has 1 aliphatic rings. The molecule has 1 aromatic heterocycles. The minimum absolute atomic E-state index is 0.362. The lowest BCUT2D eigenvalue weighted by atomic mass is 10.1. The second kappa shape index (κ2) is 9.78. The summed E-state index contributed by atoms with van der Waals surface area (Å²) in [6, 6.07) is 7.69. The highest BCUT2D eigenvalue weighted by molar-refractivity contribution is 8.00. The normalized spacial score (nSPS) is 15.1. The Morgan fingerprint density at radius 2 is 1.83 bits per heavy atom. The molecule has 0 spiro atoms. The van der Waals surface area contributed by atoms with Crippen LogP contribution in [0.1, 0.15) is 38.7 Å². The van der Waals surface area contributed by atoms with Crippen molar-refractivity contribution in [1.29, 1.82) is 0 Å². The van der Waals surface area contributed by atoms with Crippen molar-refractivity contribution in [3.63, 3.8) is 0 Å². The summed E-state index contributed by atoms with van der Waals surface area (Å²) in [5.74, 6) is 0.436. The fourth-order valence-electron chi connectivity index (χ4n) is 3.19. The number of imide groups is 1. The minimum atomic E-state index is -0.500. The number of benzene rings is 1. The quantitative estimate of drug-likeness (QED) is 0.704. The van der Waals surface area contributed by atoms with Crippen LogP contribution >= 0.6 is 11.8 Å². The number of carbonyl (C=O) groups is 2. The Bertz CT molecular complexity index is 845. The standard InChI is InChI=1S/C20H28N6O2S/c1-4-21-18(28)22-17(27)15(3)29-20-24-23-19(25-12-6-5-7-13-25)26(20)16-10-8-14(2)9-11-16/h8-11,15H,4-7,12-13H2,1-3H3,(H2,21,22,27,28)/t15-/m1/s1. The number of nitrogens with one attached hydrogen (secondary N) is 2. The van der Waals surface area contributed by atoms with E-state index in [1.165, 1.54) is 23.7 Å². The number of thioether (sulfide) groups is 1. The van der Waals surface area contributed by atoms with E-state index >= 15 is 0 Å². The number of rotatable bonds is 6. The van der Waals surface area contributed by atoms with Crippen molar-refractivity contribution in [2.75, 3.05) is 24.5 Å². The van der Waals surface area contributed by atoms with Gasteiger partial charge in [0.15, 0.2) is 5.16 Å². The molecule has 2 aromatic rings. The molecule has 3 rings (SSSR count). The van der Waals surface area contributed by atoms with Gasteiger partial charge in [-0.05, 0) is 52.2 Å². The van der Waals surface area contributed by atoms with Gasteiger partial charge < -0.3 is 10.2 Å². The number of hydrogen-bond donors (Lipinski definition) is 2. The summed E-state index contributed by atoms with van der Waals surface area (Å²) in [6.07, 6.45) is 3.50. The second-order valence-electron chi connectivity index (χ2n) is 7.11. The Morgan fingerprint density at radius 1 is 1.14 bits per heavy atom. The zero-order valence-corrected chi connectivity index (χ0v) is 18.0. The predicted molar refractivity (Wildman–Crippen MR) is 115 cm³/mol. The van der Waals surface area contributed by atoms with E-state index in [1.54, 1.807) is 13.8 Å². The first-order chi connectivity index (χ1) is 14.0. The van der Waals surface area contributed by atoms with Gasteiger partial charge in [0, 0.05) is 19.6 Å². The van der Waals surface area contributed by atoms with E-state index in [9.17, 15) is 9.59 Å². The molecule has 0 unspecified atom stereocenters. The lowest BCUT2D eigenvalue weighted by Gasteiger charge is -2.28. The Kier molecular flexibility index (Phi) is 7.13. The van der Waals surface area contributed by atoms with Crippen LogP contribution in [-0.4, -0.2) is 51.6 Å². The summed E-state index contributed by atoms with van der Waals surface area (Å²) in [6.45, 7) is 7.96. The van der Waals surface area contributed by atoms with Gasteiger partial charge in [-0.25, -0.2) is 4.79 Å². The minimum Gasteiger partial charge on any atom is -0.341 e. The molecule has 1 aromatic carbocycles. The largest absolute Gasteiger partial charge is 0.341 e. The van der Waals surface area contributed by atoms with Crippen molar-refractivity contribution >= 4 is 29.6 Å². The molecular formula is C20H28N6O2S. The third-order valence-corrected chi connectivity index (χ3v) is 5.82. The molecule has 0 saturated carbocycles. The average molecular weight is 417 g/mol. The van der Waals surface area contributed by atoms with Crippen molar-refractivity contribution in [3.8, 4) is 5.69 Å². The van der Waals surface area contributed by atoms with Crippen molar-refractivity contribution in [2.24, 2.45) is 0 Å². The first-order valence-electron chi connectivity index (χ1n) is 10.0. The van der Waals surface area contributed by atoms with Crippen LogP contribution in [0.2, 0.25) is 0 Å². The monoisotopic (exact) mass is 416 g/mol. The highest BCUT2D eigenvalue weighted by atomic mass is 32.2. The van der Waals surface area contributed by atoms with Crippen LogP contribution in [-0.2, 0) is 4.79 Å². The number of amides is 3. The highest BCUT2D eigenvalue weighted by Gasteiger charge is 2.25.